The van der Waals surface area contributed by atoms with Crippen LogP contribution in [0, 0.1) is 12.8 Å². The molecule has 0 saturated carbocycles. The summed E-state index contributed by atoms with van der Waals surface area (Å²) < 4.78 is 8.06. The molecule has 4 rings (SSSR count). The fourth-order valence-corrected chi connectivity index (χ4v) is 3.13. The number of rotatable bonds is 4. The van der Waals surface area contributed by atoms with E-state index in [1.807, 2.05) is 37.6 Å². The molecule has 8 heteroatoms. The Labute approximate surface area is 144 Å². The average Bonchev–Trinajstić information content (AvgIpc) is 3.28. The molecule has 0 bridgehead atoms. The topological polar surface area (TPSA) is 97.7 Å². The molecule has 3 aromatic heterocycles. The maximum absolute atomic E-state index is 11.5. The Morgan fingerprint density at radius 1 is 1.36 bits per heavy atom. The Morgan fingerprint density at radius 2 is 2.20 bits per heavy atom. The van der Waals surface area contributed by atoms with Crippen LogP contribution >= 0.6 is 0 Å². The molecule has 1 aliphatic rings. The molecule has 8 nitrogen and oxygen atoms in total. The fraction of sp³-hybridized carbons (Fsp3) is 0.412. The predicted molar refractivity (Wildman–Crippen MR) is 92.0 cm³/mol. The quantitative estimate of drug-likeness (QED) is 0.751. The number of ether oxygens (including phenoxy) is 1. The van der Waals surface area contributed by atoms with Crippen LogP contribution in [0.1, 0.15) is 19.0 Å². The van der Waals surface area contributed by atoms with E-state index in [-0.39, 0.29) is 17.9 Å². The number of carbonyl (C=O) groups is 1. The van der Waals surface area contributed by atoms with Gasteiger partial charge in [-0.3, -0.25) is 9.89 Å². The molecular formula is C17H20N6O2. The fourth-order valence-electron chi connectivity index (χ4n) is 3.13. The van der Waals surface area contributed by atoms with Gasteiger partial charge < -0.3 is 14.6 Å². The van der Waals surface area contributed by atoms with Gasteiger partial charge in [0.1, 0.15) is 17.3 Å². The molecular weight excluding hydrogens is 320 g/mol. The largest absolute Gasteiger partial charge is 0.473 e. The number of nitrogens with zero attached hydrogens (tertiary/aromatic N) is 4. The van der Waals surface area contributed by atoms with Crippen LogP contribution in [0.3, 0.4) is 0 Å². The number of aryl methyl sites for hydroxylation is 2. The summed E-state index contributed by atoms with van der Waals surface area (Å²) in [7, 11) is 1.91. The van der Waals surface area contributed by atoms with Gasteiger partial charge in [0.2, 0.25) is 11.8 Å². The number of aromatic nitrogens is 5. The van der Waals surface area contributed by atoms with E-state index < -0.39 is 0 Å². The van der Waals surface area contributed by atoms with Crippen LogP contribution in [-0.2, 0) is 11.8 Å². The van der Waals surface area contributed by atoms with E-state index in [4.69, 9.17) is 4.74 Å². The molecule has 4 heterocycles. The van der Waals surface area contributed by atoms with Crippen molar-refractivity contribution in [3.8, 4) is 17.3 Å². The Hall–Kier alpha value is -2.90. The summed E-state index contributed by atoms with van der Waals surface area (Å²) >= 11 is 0. The van der Waals surface area contributed by atoms with Crippen LogP contribution < -0.4 is 10.1 Å². The Morgan fingerprint density at radius 3 is 2.88 bits per heavy atom. The highest BCUT2D eigenvalue weighted by Crippen LogP contribution is 2.30. The second-order valence-corrected chi connectivity index (χ2v) is 6.56. The zero-order chi connectivity index (χ0) is 17.6. The predicted octanol–water partition coefficient (Wildman–Crippen LogP) is 1.57. The molecule has 0 radical (unpaired) electrons. The van der Waals surface area contributed by atoms with Gasteiger partial charge >= 0.3 is 0 Å². The van der Waals surface area contributed by atoms with Crippen molar-refractivity contribution >= 4 is 16.9 Å². The first-order valence-corrected chi connectivity index (χ1v) is 8.29. The first-order chi connectivity index (χ1) is 12.0. The lowest BCUT2D eigenvalue weighted by atomic mass is 10.0. The maximum Gasteiger partial charge on any atom is 0.241 e. The number of aromatic amines is 1. The van der Waals surface area contributed by atoms with Gasteiger partial charge in [-0.1, -0.05) is 0 Å². The molecule has 1 aliphatic heterocycles. The lowest BCUT2D eigenvalue weighted by Crippen LogP contribution is -2.26. The summed E-state index contributed by atoms with van der Waals surface area (Å²) in [6.07, 6.45) is 2.08. The van der Waals surface area contributed by atoms with Crippen molar-refractivity contribution < 1.29 is 9.53 Å². The third-order valence-electron chi connectivity index (χ3n) is 4.60. The molecule has 0 aliphatic carbocycles. The molecule has 2 atom stereocenters. The van der Waals surface area contributed by atoms with Crippen molar-refractivity contribution in [2.24, 2.45) is 13.0 Å². The van der Waals surface area contributed by atoms with Crippen molar-refractivity contribution in [2.45, 2.75) is 26.4 Å². The monoisotopic (exact) mass is 340 g/mol. The first-order valence-electron chi connectivity index (χ1n) is 8.29. The van der Waals surface area contributed by atoms with E-state index in [2.05, 4.69) is 25.5 Å². The molecule has 0 spiro atoms. The number of hydrogen-bond acceptors (Lipinski definition) is 5. The van der Waals surface area contributed by atoms with Crippen molar-refractivity contribution in [1.29, 1.82) is 0 Å². The van der Waals surface area contributed by atoms with Crippen LogP contribution in [0.4, 0.5) is 0 Å². The number of H-pyrrole nitrogens is 1. The van der Waals surface area contributed by atoms with Crippen LogP contribution in [0.5, 0.6) is 5.88 Å². The van der Waals surface area contributed by atoms with E-state index in [1.54, 1.807) is 6.33 Å². The first kappa shape index (κ1) is 15.6. The van der Waals surface area contributed by atoms with Gasteiger partial charge in [0.15, 0.2) is 0 Å². The Bertz CT molecular complexity index is 944. The zero-order valence-corrected chi connectivity index (χ0v) is 14.4. The van der Waals surface area contributed by atoms with Gasteiger partial charge in [-0.2, -0.15) is 5.10 Å². The standard InChI is InChI=1S/C17H20N6O2/c1-9-4-13(22-21-9)12-6-14-16(23(3)8-19-14)17(20-12)25-10(2)11-5-15(24)18-7-11/h4,6,8,10-11H,5,7H2,1-3H3,(H,18,24)(H,21,22)/t10-,11-/m1/s1. The molecule has 1 saturated heterocycles. The third-order valence-corrected chi connectivity index (χ3v) is 4.60. The number of carbonyl (C=O) groups excluding carboxylic acids is 1. The van der Waals surface area contributed by atoms with Gasteiger partial charge in [-0.05, 0) is 26.0 Å². The Kier molecular flexibility index (Phi) is 3.67. The minimum atomic E-state index is -0.138. The highest BCUT2D eigenvalue weighted by atomic mass is 16.5. The Balaban J connectivity index is 1.73. The SMILES string of the molecule is Cc1cc(-c2cc3ncn(C)c3c(O[C@H](C)[C@H]3CNC(=O)C3)n2)n[nH]1. The van der Waals surface area contributed by atoms with E-state index in [0.29, 0.717) is 24.5 Å². The molecule has 1 amide bonds. The second kappa shape index (κ2) is 5.87. The number of hydrogen-bond donors (Lipinski definition) is 2. The van der Waals surface area contributed by atoms with Crippen LogP contribution in [0.25, 0.3) is 22.4 Å². The summed E-state index contributed by atoms with van der Waals surface area (Å²) in [5.41, 5.74) is 4.05. The summed E-state index contributed by atoms with van der Waals surface area (Å²) in [5, 5.41) is 10.1. The summed E-state index contributed by atoms with van der Waals surface area (Å²) in [5.74, 6) is 0.716. The number of nitrogens with one attached hydrogen (secondary N) is 2. The van der Waals surface area contributed by atoms with Gasteiger partial charge in [-0.15, -0.1) is 0 Å². The smallest absolute Gasteiger partial charge is 0.241 e. The van der Waals surface area contributed by atoms with Crippen molar-refractivity contribution in [3.05, 3.63) is 24.2 Å². The molecule has 25 heavy (non-hydrogen) atoms. The highest BCUT2D eigenvalue weighted by Gasteiger charge is 2.29. The summed E-state index contributed by atoms with van der Waals surface area (Å²) in [4.78, 5) is 20.6. The molecule has 0 aromatic carbocycles. The van der Waals surface area contributed by atoms with Crippen molar-refractivity contribution in [3.63, 3.8) is 0 Å². The van der Waals surface area contributed by atoms with Gasteiger partial charge in [0.05, 0.1) is 17.5 Å². The third kappa shape index (κ3) is 2.84. The molecule has 0 unspecified atom stereocenters. The average molecular weight is 340 g/mol. The van der Waals surface area contributed by atoms with Crippen molar-refractivity contribution in [2.75, 3.05) is 6.54 Å². The van der Waals surface area contributed by atoms with Gasteiger partial charge in [-0.25, -0.2) is 9.97 Å². The highest BCUT2D eigenvalue weighted by molar-refractivity contribution is 5.84. The van der Waals surface area contributed by atoms with Crippen LogP contribution in [0.2, 0.25) is 0 Å². The van der Waals surface area contributed by atoms with Gasteiger partial charge in [0, 0.05) is 31.6 Å². The number of pyridine rings is 1. The minimum Gasteiger partial charge on any atom is -0.473 e. The number of fused-ring (bicyclic) bond motifs is 1. The van der Waals surface area contributed by atoms with Gasteiger partial charge in [0.25, 0.3) is 0 Å². The lowest BCUT2D eigenvalue weighted by molar-refractivity contribution is -0.119. The van der Waals surface area contributed by atoms with E-state index >= 15 is 0 Å². The molecule has 130 valence electrons. The maximum atomic E-state index is 11.5. The van der Waals surface area contributed by atoms with E-state index in [9.17, 15) is 4.79 Å². The molecule has 2 N–H and O–H groups in total. The molecule has 3 aromatic rings. The normalized spacial score (nSPS) is 18.5. The van der Waals surface area contributed by atoms with Crippen molar-refractivity contribution in [1.82, 2.24) is 30.0 Å². The van der Waals surface area contributed by atoms with Crippen LogP contribution in [-0.4, -0.2) is 43.3 Å². The lowest BCUT2D eigenvalue weighted by Gasteiger charge is -2.19. The van der Waals surface area contributed by atoms with E-state index in [1.165, 1.54) is 0 Å². The molecule has 1 fully saturated rings. The summed E-state index contributed by atoms with van der Waals surface area (Å²) in [6, 6.07) is 3.84. The summed E-state index contributed by atoms with van der Waals surface area (Å²) in [6.45, 7) is 4.55. The van der Waals surface area contributed by atoms with E-state index in [0.717, 1.165) is 22.4 Å². The zero-order valence-electron chi connectivity index (χ0n) is 14.4. The second-order valence-electron chi connectivity index (χ2n) is 6.56. The number of imidazole rings is 1. The van der Waals surface area contributed by atoms with Crippen LogP contribution in [0.15, 0.2) is 18.5 Å². The number of amides is 1. The minimum absolute atomic E-state index is 0.0693.